The van der Waals surface area contributed by atoms with Crippen molar-refractivity contribution in [3.8, 4) is 5.75 Å². The summed E-state index contributed by atoms with van der Waals surface area (Å²) in [6, 6.07) is 4.50. The SMILES string of the molecule is COc1ccc(S(=O)(=O)N2CCOCC(C)C2)cc1Cl. The molecular formula is C13H18ClNO4S. The first-order chi connectivity index (χ1) is 9.45. The van der Waals surface area contributed by atoms with Gasteiger partial charge in [0.05, 0.1) is 30.2 Å². The average molecular weight is 320 g/mol. The molecular weight excluding hydrogens is 302 g/mol. The van der Waals surface area contributed by atoms with Crippen molar-refractivity contribution in [2.45, 2.75) is 11.8 Å². The topological polar surface area (TPSA) is 55.8 Å². The molecule has 1 saturated heterocycles. The van der Waals surface area contributed by atoms with E-state index in [0.717, 1.165) is 0 Å². The molecule has 1 aliphatic heterocycles. The van der Waals surface area contributed by atoms with Crippen molar-refractivity contribution < 1.29 is 17.9 Å². The van der Waals surface area contributed by atoms with Crippen molar-refractivity contribution in [2.24, 2.45) is 5.92 Å². The van der Waals surface area contributed by atoms with Gasteiger partial charge in [0.2, 0.25) is 10.0 Å². The quantitative estimate of drug-likeness (QED) is 0.855. The summed E-state index contributed by atoms with van der Waals surface area (Å²) in [6.45, 7) is 3.76. The molecule has 0 N–H and O–H groups in total. The molecule has 1 aromatic carbocycles. The fourth-order valence-electron chi connectivity index (χ4n) is 2.12. The number of benzene rings is 1. The summed E-state index contributed by atoms with van der Waals surface area (Å²) < 4.78 is 37.1. The van der Waals surface area contributed by atoms with Crippen LogP contribution in [0, 0.1) is 5.92 Å². The van der Waals surface area contributed by atoms with Crippen LogP contribution < -0.4 is 4.74 Å². The van der Waals surface area contributed by atoms with Gasteiger partial charge in [-0.3, -0.25) is 0 Å². The number of nitrogens with zero attached hydrogens (tertiary/aromatic N) is 1. The summed E-state index contributed by atoms with van der Waals surface area (Å²) in [6.07, 6.45) is 0. The van der Waals surface area contributed by atoms with Gasteiger partial charge in [-0.05, 0) is 24.1 Å². The molecule has 20 heavy (non-hydrogen) atoms. The zero-order valence-electron chi connectivity index (χ0n) is 11.5. The molecule has 112 valence electrons. The Balaban J connectivity index is 2.31. The molecule has 0 radical (unpaired) electrons. The van der Waals surface area contributed by atoms with Gasteiger partial charge in [0.15, 0.2) is 0 Å². The number of hydrogen-bond acceptors (Lipinski definition) is 4. The highest BCUT2D eigenvalue weighted by atomic mass is 35.5. The fourth-order valence-corrected chi connectivity index (χ4v) is 4.01. The van der Waals surface area contributed by atoms with E-state index in [9.17, 15) is 8.42 Å². The number of halogens is 1. The molecule has 0 aliphatic carbocycles. The first-order valence-corrected chi connectivity index (χ1v) is 8.18. The van der Waals surface area contributed by atoms with Gasteiger partial charge in [-0.2, -0.15) is 4.31 Å². The van der Waals surface area contributed by atoms with Crippen LogP contribution >= 0.6 is 11.6 Å². The summed E-state index contributed by atoms with van der Waals surface area (Å²) in [7, 11) is -2.06. The zero-order valence-corrected chi connectivity index (χ0v) is 13.1. The van der Waals surface area contributed by atoms with Crippen LogP contribution in [0.3, 0.4) is 0 Å². The maximum absolute atomic E-state index is 12.6. The van der Waals surface area contributed by atoms with E-state index in [4.69, 9.17) is 21.1 Å². The molecule has 0 aromatic heterocycles. The molecule has 1 aliphatic rings. The van der Waals surface area contributed by atoms with Gasteiger partial charge in [-0.15, -0.1) is 0 Å². The first-order valence-electron chi connectivity index (χ1n) is 6.36. The van der Waals surface area contributed by atoms with E-state index in [0.29, 0.717) is 32.1 Å². The van der Waals surface area contributed by atoms with E-state index < -0.39 is 10.0 Å². The van der Waals surface area contributed by atoms with Gasteiger partial charge in [-0.25, -0.2) is 8.42 Å². The van der Waals surface area contributed by atoms with Crippen molar-refractivity contribution in [3.63, 3.8) is 0 Å². The van der Waals surface area contributed by atoms with Crippen LogP contribution in [0.1, 0.15) is 6.92 Å². The third kappa shape index (κ3) is 3.25. The Bertz CT molecular complexity index is 576. The van der Waals surface area contributed by atoms with E-state index in [1.165, 1.54) is 23.5 Å². The van der Waals surface area contributed by atoms with E-state index in [1.54, 1.807) is 6.07 Å². The van der Waals surface area contributed by atoms with Gasteiger partial charge in [0.1, 0.15) is 5.75 Å². The van der Waals surface area contributed by atoms with Crippen molar-refractivity contribution in [1.82, 2.24) is 4.31 Å². The molecule has 1 atom stereocenters. The number of rotatable bonds is 3. The minimum absolute atomic E-state index is 0.168. The maximum Gasteiger partial charge on any atom is 0.243 e. The lowest BCUT2D eigenvalue weighted by Crippen LogP contribution is -2.35. The second-order valence-corrected chi connectivity index (χ2v) is 7.18. The molecule has 1 unspecified atom stereocenters. The van der Waals surface area contributed by atoms with Gasteiger partial charge >= 0.3 is 0 Å². The van der Waals surface area contributed by atoms with E-state index >= 15 is 0 Å². The van der Waals surface area contributed by atoms with Crippen LogP contribution in [-0.2, 0) is 14.8 Å². The Morgan fingerprint density at radius 3 is 2.85 bits per heavy atom. The maximum atomic E-state index is 12.6. The third-order valence-electron chi connectivity index (χ3n) is 3.16. The zero-order chi connectivity index (χ0) is 14.8. The molecule has 1 heterocycles. The summed E-state index contributed by atoms with van der Waals surface area (Å²) in [4.78, 5) is 0.178. The molecule has 7 heteroatoms. The minimum atomic E-state index is -3.55. The lowest BCUT2D eigenvalue weighted by molar-refractivity contribution is 0.128. The number of methoxy groups -OCH3 is 1. The van der Waals surface area contributed by atoms with Gasteiger partial charge in [0, 0.05) is 13.1 Å². The normalized spacial score (nSPS) is 21.4. The Morgan fingerprint density at radius 2 is 2.20 bits per heavy atom. The van der Waals surface area contributed by atoms with Crippen LogP contribution in [0.4, 0.5) is 0 Å². The molecule has 2 rings (SSSR count). The molecule has 0 amide bonds. The second-order valence-electron chi connectivity index (χ2n) is 4.84. The third-order valence-corrected chi connectivity index (χ3v) is 5.32. The summed E-state index contributed by atoms with van der Waals surface area (Å²) in [5.41, 5.74) is 0. The highest BCUT2D eigenvalue weighted by molar-refractivity contribution is 7.89. The predicted molar refractivity (Wildman–Crippen MR) is 76.7 cm³/mol. The van der Waals surface area contributed by atoms with Crippen molar-refractivity contribution in [1.29, 1.82) is 0 Å². The van der Waals surface area contributed by atoms with Crippen molar-refractivity contribution >= 4 is 21.6 Å². The van der Waals surface area contributed by atoms with E-state index in [-0.39, 0.29) is 15.8 Å². The number of hydrogen-bond donors (Lipinski definition) is 0. The number of ether oxygens (including phenoxy) is 2. The van der Waals surface area contributed by atoms with Gasteiger partial charge in [0.25, 0.3) is 0 Å². The molecule has 1 aromatic rings. The monoisotopic (exact) mass is 319 g/mol. The Morgan fingerprint density at radius 1 is 1.45 bits per heavy atom. The largest absolute Gasteiger partial charge is 0.495 e. The Hall–Kier alpha value is -0.820. The van der Waals surface area contributed by atoms with Gasteiger partial charge in [-0.1, -0.05) is 18.5 Å². The minimum Gasteiger partial charge on any atom is -0.495 e. The summed E-state index contributed by atoms with van der Waals surface area (Å²) >= 11 is 6.00. The molecule has 0 saturated carbocycles. The summed E-state index contributed by atoms with van der Waals surface area (Å²) in [5, 5.41) is 0.285. The van der Waals surface area contributed by atoms with Gasteiger partial charge < -0.3 is 9.47 Å². The van der Waals surface area contributed by atoms with Crippen LogP contribution in [-0.4, -0.2) is 46.1 Å². The molecule has 5 nitrogen and oxygen atoms in total. The van der Waals surface area contributed by atoms with Crippen LogP contribution in [0.15, 0.2) is 23.1 Å². The first kappa shape index (κ1) is 15.6. The average Bonchev–Trinajstić information content (AvgIpc) is 2.63. The Kier molecular flexibility index (Phi) is 4.90. The van der Waals surface area contributed by atoms with E-state index in [2.05, 4.69) is 0 Å². The van der Waals surface area contributed by atoms with E-state index in [1.807, 2.05) is 6.92 Å². The standard InChI is InChI=1S/C13H18ClNO4S/c1-10-8-15(5-6-19-9-10)20(16,17)11-3-4-13(18-2)12(14)7-11/h3-4,7,10H,5-6,8-9H2,1-2H3. The van der Waals surface area contributed by atoms with Crippen LogP contribution in [0.25, 0.3) is 0 Å². The highest BCUT2D eigenvalue weighted by Crippen LogP contribution is 2.28. The Labute approximate surface area is 124 Å². The lowest BCUT2D eigenvalue weighted by Gasteiger charge is -2.21. The molecule has 0 bridgehead atoms. The highest BCUT2D eigenvalue weighted by Gasteiger charge is 2.28. The second kappa shape index (κ2) is 6.30. The molecule has 1 fully saturated rings. The smallest absolute Gasteiger partial charge is 0.243 e. The fraction of sp³-hybridized carbons (Fsp3) is 0.538. The number of sulfonamides is 1. The summed E-state index contributed by atoms with van der Waals surface area (Å²) in [5.74, 6) is 0.624. The van der Waals surface area contributed by atoms with Crippen molar-refractivity contribution in [2.75, 3.05) is 33.4 Å². The van der Waals surface area contributed by atoms with Crippen molar-refractivity contribution in [3.05, 3.63) is 23.2 Å². The van der Waals surface area contributed by atoms with Crippen LogP contribution in [0.2, 0.25) is 5.02 Å². The lowest BCUT2D eigenvalue weighted by atomic mass is 10.2. The van der Waals surface area contributed by atoms with Crippen LogP contribution in [0.5, 0.6) is 5.75 Å². The molecule has 0 spiro atoms. The predicted octanol–water partition coefficient (Wildman–Crippen LogP) is 2.01.